The Kier molecular flexibility index (Phi) is 4.97. The van der Waals surface area contributed by atoms with Crippen LogP contribution in [0.2, 0.25) is 0 Å². The standard InChI is InChI=1S/C21H19FN2O4/c22-15-5-3-14(4-6-15)17-7-8-18(28-17)20(25)23-16-9-11-24(12-10-16)21(26)19-2-1-13-27-19/h1-8,13,16H,9-12H2,(H,23,25). The summed E-state index contributed by atoms with van der Waals surface area (Å²) in [5.74, 6) is 0.267. The van der Waals surface area contributed by atoms with E-state index in [-0.39, 0.29) is 29.4 Å². The maximum Gasteiger partial charge on any atom is 0.289 e. The zero-order chi connectivity index (χ0) is 19.5. The zero-order valence-corrected chi connectivity index (χ0v) is 15.1. The molecule has 7 heteroatoms. The Hall–Kier alpha value is -3.35. The van der Waals surface area contributed by atoms with Gasteiger partial charge < -0.3 is 19.1 Å². The first-order valence-electron chi connectivity index (χ1n) is 9.09. The van der Waals surface area contributed by atoms with Crippen LogP contribution in [-0.4, -0.2) is 35.8 Å². The number of nitrogens with one attached hydrogen (secondary N) is 1. The first kappa shape index (κ1) is 18.0. The van der Waals surface area contributed by atoms with Gasteiger partial charge in [-0.15, -0.1) is 0 Å². The molecule has 0 radical (unpaired) electrons. The van der Waals surface area contributed by atoms with E-state index in [2.05, 4.69) is 5.32 Å². The van der Waals surface area contributed by atoms with Crippen LogP contribution >= 0.6 is 0 Å². The summed E-state index contributed by atoms with van der Waals surface area (Å²) >= 11 is 0. The van der Waals surface area contributed by atoms with Crippen LogP contribution < -0.4 is 5.32 Å². The van der Waals surface area contributed by atoms with Crippen molar-refractivity contribution in [3.8, 4) is 11.3 Å². The summed E-state index contributed by atoms with van der Waals surface area (Å²) in [6, 6.07) is 12.5. The van der Waals surface area contributed by atoms with Gasteiger partial charge in [0.1, 0.15) is 11.6 Å². The molecule has 3 heterocycles. The number of piperidine rings is 1. The molecule has 1 aromatic carbocycles. The van der Waals surface area contributed by atoms with Crippen molar-refractivity contribution in [3.63, 3.8) is 0 Å². The fraction of sp³-hybridized carbons (Fsp3) is 0.238. The highest BCUT2D eigenvalue weighted by Gasteiger charge is 2.26. The largest absolute Gasteiger partial charge is 0.459 e. The molecule has 0 atom stereocenters. The van der Waals surface area contributed by atoms with Crippen molar-refractivity contribution in [2.75, 3.05) is 13.1 Å². The maximum atomic E-state index is 13.0. The van der Waals surface area contributed by atoms with Gasteiger partial charge in [0.15, 0.2) is 11.5 Å². The van der Waals surface area contributed by atoms with Gasteiger partial charge in [-0.2, -0.15) is 0 Å². The molecule has 1 aliphatic rings. The molecule has 28 heavy (non-hydrogen) atoms. The summed E-state index contributed by atoms with van der Waals surface area (Å²) in [7, 11) is 0. The van der Waals surface area contributed by atoms with E-state index >= 15 is 0 Å². The van der Waals surface area contributed by atoms with E-state index in [0.29, 0.717) is 43.0 Å². The van der Waals surface area contributed by atoms with Gasteiger partial charge in [-0.3, -0.25) is 9.59 Å². The van der Waals surface area contributed by atoms with Crippen molar-refractivity contribution in [3.05, 3.63) is 72.1 Å². The second kappa shape index (κ2) is 7.72. The lowest BCUT2D eigenvalue weighted by molar-refractivity contribution is 0.0665. The van der Waals surface area contributed by atoms with Crippen molar-refractivity contribution in [2.24, 2.45) is 0 Å². The number of rotatable bonds is 4. The Balaban J connectivity index is 1.32. The van der Waals surface area contributed by atoms with Crippen LogP contribution in [0.15, 0.2) is 63.6 Å². The Labute approximate surface area is 160 Å². The van der Waals surface area contributed by atoms with Crippen LogP contribution in [0.4, 0.5) is 4.39 Å². The van der Waals surface area contributed by atoms with E-state index in [0.717, 1.165) is 0 Å². The molecule has 0 bridgehead atoms. The van der Waals surface area contributed by atoms with E-state index in [1.54, 1.807) is 41.3 Å². The Morgan fingerprint density at radius 1 is 1.00 bits per heavy atom. The number of likely N-dealkylation sites (tertiary alicyclic amines) is 1. The summed E-state index contributed by atoms with van der Waals surface area (Å²) in [6.45, 7) is 1.09. The van der Waals surface area contributed by atoms with Gasteiger partial charge >= 0.3 is 0 Å². The molecule has 3 aromatic rings. The second-order valence-corrected chi connectivity index (χ2v) is 6.69. The topological polar surface area (TPSA) is 75.7 Å². The molecule has 4 rings (SSSR count). The predicted molar refractivity (Wildman–Crippen MR) is 99.2 cm³/mol. The number of amides is 2. The Morgan fingerprint density at radius 3 is 2.43 bits per heavy atom. The molecule has 6 nitrogen and oxygen atoms in total. The van der Waals surface area contributed by atoms with Gasteiger partial charge in [0, 0.05) is 24.7 Å². The van der Waals surface area contributed by atoms with E-state index in [1.807, 2.05) is 0 Å². The summed E-state index contributed by atoms with van der Waals surface area (Å²) in [6.07, 6.45) is 2.79. The third kappa shape index (κ3) is 3.83. The summed E-state index contributed by atoms with van der Waals surface area (Å²) < 4.78 is 23.8. The monoisotopic (exact) mass is 382 g/mol. The van der Waals surface area contributed by atoms with Crippen molar-refractivity contribution in [1.82, 2.24) is 10.2 Å². The average Bonchev–Trinajstić information content (AvgIpc) is 3.41. The van der Waals surface area contributed by atoms with Gasteiger partial charge in [0.05, 0.1) is 6.26 Å². The molecular weight excluding hydrogens is 363 g/mol. The third-order valence-corrected chi connectivity index (χ3v) is 4.81. The molecule has 1 fully saturated rings. The Bertz CT molecular complexity index is 955. The summed E-state index contributed by atoms with van der Waals surface area (Å²) in [5.41, 5.74) is 0.699. The molecular formula is C21H19FN2O4. The SMILES string of the molecule is O=C(NC1CCN(C(=O)c2ccco2)CC1)c1ccc(-c2ccc(F)cc2)o1. The minimum absolute atomic E-state index is 0.0347. The van der Waals surface area contributed by atoms with Gasteiger partial charge in [-0.05, 0) is 61.4 Å². The second-order valence-electron chi connectivity index (χ2n) is 6.69. The normalized spacial score (nSPS) is 14.8. The highest BCUT2D eigenvalue weighted by molar-refractivity contribution is 5.93. The summed E-state index contributed by atoms with van der Waals surface area (Å²) in [4.78, 5) is 26.5. The van der Waals surface area contributed by atoms with E-state index in [4.69, 9.17) is 8.83 Å². The number of carbonyl (C=O) groups excluding carboxylic acids is 2. The number of carbonyl (C=O) groups is 2. The van der Waals surface area contributed by atoms with Gasteiger partial charge in [-0.25, -0.2) is 4.39 Å². The van der Waals surface area contributed by atoms with Crippen LogP contribution in [0.5, 0.6) is 0 Å². The number of halogens is 1. The average molecular weight is 382 g/mol. The first-order chi connectivity index (χ1) is 13.6. The number of nitrogens with zero attached hydrogens (tertiary/aromatic N) is 1. The fourth-order valence-electron chi connectivity index (χ4n) is 3.27. The van der Waals surface area contributed by atoms with Crippen LogP contribution in [-0.2, 0) is 0 Å². The Morgan fingerprint density at radius 2 is 1.75 bits per heavy atom. The highest BCUT2D eigenvalue weighted by Crippen LogP contribution is 2.23. The predicted octanol–water partition coefficient (Wildman–Crippen LogP) is 3.71. The number of hydrogen-bond acceptors (Lipinski definition) is 4. The van der Waals surface area contributed by atoms with Crippen molar-refractivity contribution < 1.29 is 22.8 Å². The molecule has 2 aromatic heterocycles. The number of benzene rings is 1. The molecule has 0 saturated carbocycles. The molecule has 0 spiro atoms. The van der Waals surface area contributed by atoms with Gasteiger partial charge in [-0.1, -0.05) is 0 Å². The number of hydrogen-bond donors (Lipinski definition) is 1. The maximum absolute atomic E-state index is 13.0. The van der Waals surface area contributed by atoms with Crippen molar-refractivity contribution in [1.29, 1.82) is 0 Å². The molecule has 2 amide bonds. The molecule has 0 aliphatic carbocycles. The minimum Gasteiger partial charge on any atom is -0.459 e. The lowest BCUT2D eigenvalue weighted by atomic mass is 10.0. The molecule has 0 unspecified atom stereocenters. The third-order valence-electron chi connectivity index (χ3n) is 4.81. The van der Waals surface area contributed by atoms with Crippen LogP contribution in [0, 0.1) is 5.82 Å². The fourth-order valence-corrected chi connectivity index (χ4v) is 3.27. The first-order valence-corrected chi connectivity index (χ1v) is 9.09. The highest BCUT2D eigenvalue weighted by atomic mass is 19.1. The van der Waals surface area contributed by atoms with E-state index in [9.17, 15) is 14.0 Å². The minimum atomic E-state index is -0.329. The molecule has 1 saturated heterocycles. The molecule has 1 aliphatic heterocycles. The van der Waals surface area contributed by atoms with Crippen LogP contribution in [0.1, 0.15) is 34.0 Å². The van der Waals surface area contributed by atoms with E-state index in [1.165, 1.54) is 18.4 Å². The van der Waals surface area contributed by atoms with Crippen molar-refractivity contribution >= 4 is 11.8 Å². The van der Waals surface area contributed by atoms with Crippen molar-refractivity contribution in [2.45, 2.75) is 18.9 Å². The van der Waals surface area contributed by atoms with Crippen LogP contribution in [0.25, 0.3) is 11.3 Å². The lowest BCUT2D eigenvalue weighted by Crippen LogP contribution is -2.46. The summed E-state index contributed by atoms with van der Waals surface area (Å²) in [5, 5.41) is 2.95. The zero-order valence-electron chi connectivity index (χ0n) is 15.1. The number of furan rings is 2. The quantitative estimate of drug-likeness (QED) is 0.746. The molecule has 144 valence electrons. The smallest absolute Gasteiger partial charge is 0.289 e. The van der Waals surface area contributed by atoms with Gasteiger partial charge in [0.2, 0.25) is 0 Å². The lowest BCUT2D eigenvalue weighted by Gasteiger charge is -2.31. The van der Waals surface area contributed by atoms with Crippen LogP contribution in [0.3, 0.4) is 0 Å². The van der Waals surface area contributed by atoms with E-state index < -0.39 is 0 Å². The molecule has 1 N–H and O–H groups in total. The van der Waals surface area contributed by atoms with Gasteiger partial charge in [0.25, 0.3) is 11.8 Å².